The van der Waals surface area contributed by atoms with Crippen LogP contribution in [0.5, 0.6) is 0 Å². The molecule has 18 heavy (non-hydrogen) atoms. The molecule has 0 aromatic carbocycles. The van der Waals surface area contributed by atoms with Gasteiger partial charge in [-0.1, -0.05) is 13.8 Å². The zero-order chi connectivity index (χ0) is 12.5. The fraction of sp³-hybridized carbons (Fsp3) is 0.714. The minimum Gasteiger partial charge on any atom is -0.352 e. The van der Waals surface area contributed by atoms with E-state index in [0.717, 1.165) is 30.0 Å². The van der Waals surface area contributed by atoms with E-state index in [9.17, 15) is 0 Å². The van der Waals surface area contributed by atoms with Crippen molar-refractivity contribution in [1.82, 2.24) is 15.3 Å². The van der Waals surface area contributed by atoms with Crippen molar-refractivity contribution in [3.05, 3.63) is 18.1 Å². The largest absolute Gasteiger partial charge is 0.352 e. The molecule has 1 N–H and O–H groups in total. The van der Waals surface area contributed by atoms with Crippen molar-refractivity contribution in [3.8, 4) is 0 Å². The summed E-state index contributed by atoms with van der Waals surface area (Å²) in [5.74, 6) is 1.97. The number of rotatable bonds is 4. The highest BCUT2D eigenvalue weighted by Crippen LogP contribution is 2.39. The van der Waals surface area contributed by atoms with Crippen molar-refractivity contribution in [2.75, 3.05) is 11.4 Å². The van der Waals surface area contributed by atoms with Gasteiger partial charge in [0.25, 0.3) is 0 Å². The Kier molecular flexibility index (Phi) is 3.20. The lowest BCUT2D eigenvalue weighted by Gasteiger charge is -2.27. The predicted octanol–water partition coefficient (Wildman–Crippen LogP) is 1.96. The van der Waals surface area contributed by atoms with Gasteiger partial charge in [0.05, 0.1) is 18.1 Å². The first-order valence-corrected chi connectivity index (χ1v) is 7.03. The fourth-order valence-electron chi connectivity index (χ4n) is 3.10. The van der Waals surface area contributed by atoms with Gasteiger partial charge in [-0.2, -0.15) is 0 Å². The molecule has 1 aromatic rings. The number of hydrogen-bond acceptors (Lipinski definition) is 4. The Morgan fingerprint density at radius 3 is 2.78 bits per heavy atom. The Balaban J connectivity index is 1.64. The molecule has 0 amide bonds. The van der Waals surface area contributed by atoms with Crippen LogP contribution in [-0.4, -0.2) is 28.6 Å². The molecule has 2 fully saturated rings. The van der Waals surface area contributed by atoms with Crippen LogP contribution in [-0.2, 0) is 6.54 Å². The van der Waals surface area contributed by atoms with Crippen LogP contribution in [0.15, 0.2) is 12.4 Å². The zero-order valence-electron chi connectivity index (χ0n) is 11.3. The molecular formula is C14H22N4. The van der Waals surface area contributed by atoms with Crippen LogP contribution in [0, 0.1) is 5.92 Å². The summed E-state index contributed by atoms with van der Waals surface area (Å²) in [6.45, 7) is 6.27. The second-order valence-corrected chi connectivity index (χ2v) is 5.89. The number of aromatic nitrogens is 2. The molecule has 2 atom stereocenters. The van der Waals surface area contributed by atoms with Crippen molar-refractivity contribution in [3.63, 3.8) is 0 Å². The third kappa shape index (κ3) is 2.34. The summed E-state index contributed by atoms with van der Waals surface area (Å²) in [5.41, 5.74) is 1.02. The Morgan fingerprint density at radius 2 is 2.22 bits per heavy atom. The molecule has 2 heterocycles. The Hall–Kier alpha value is -1.16. The van der Waals surface area contributed by atoms with Gasteiger partial charge in [0.15, 0.2) is 0 Å². The number of nitrogens with zero attached hydrogens (tertiary/aromatic N) is 3. The van der Waals surface area contributed by atoms with E-state index in [4.69, 9.17) is 0 Å². The van der Waals surface area contributed by atoms with Gasteiger partial charge in [0.2, 0.25) is 0 Å². The fourth-order valence-corrected chi connectivity index (χ4v) is 3.10. The van der Waals surface area contributed by atoms with E-state index < -0.39 is 0 Å². The molecule has 1 aromatic heterocycles. The van der Waals surface area contributed by atoms with E-state index >= 15 is 0 Å². The molecule has 1 saturated carbocycles. The third-order valence-corrected chi connectivity index (χ3v) is 4.09. The predicted molar refractivity (Wildman–Crippen MR) is 72.5 cm³/mol. The second kappa shape index (κ2) is 4.84. The summed E-state index contributed by atoms with van der Waals surface area (Å²) in [5, 5.41) is 3.36. The monoisotopic (exact) mass is 246 g/mol. The summed E-state index contributed by atoms with van der Waals surface area (Å²) in [4.78, 5) is 11.5. The van der Waals surface area contributed by atoms with E-state index in [0.29, 0.717) is 6.04 Å². The maximum atomic E-state index is 4.58. The highest BCUT2D eigenvalue weighted by atomic mass is 15.2. The third-order valence-electron chi connectivity index (χ3n) is 4.09. The number of piperidine rings is 1. The second-order valence-electron chi connectivity index (χ2n) is 5.89. The molecule has 4 heteroatoms. The topological polar surface area (TPSA) is 41.1 Å². The van der Waals surface area contributed by atoms with Gasteiger partial charge in [-0.25, -0.2) is 4.98 Å². The van der Waals surface area contributed by atoms with E-state index in [2.05, 4.69) is 34.0 Å². The molecule has 2 aliphatic rings. The number of nitrogens with one attached hydrogen (secondary N) is 1. The summed E-state index contributed by atoms with van der Waals surface area (Å²) in [7, 11) is 0. The minimum absolute atomic E-state index is 0.487. The molecule has 0 radical (unpaired) electrons. The molecule has 0 spiro atoms. The molecule has 2 bridgehead atoms. The van der Waals surface area contributed by atoms with Gasteiger partial charge >= 0.3 is 0 Å². The molecule has 3 rings (SSSR count). The summed E-state index contributed by atoms with van der Waals surface area (Å²) in [6, 6.07) is 1.21. The molecule has 1 saturated heterocycles. The van der Waals surface area contributed by atoms with Crippen LogP contribution >= 0.6 is 0 Å². The van der Waals surface area contributed by atoms with Crippen LogP contribution in [0.4, 0.5) is 5.82 Å². The molecule has 2 unspecified atom stereocenters. The van der Waals surface area contributed by atoms with Crippen LogP contribution in [0.3, 0.4) is 0 Å². The van der Waals surface area contributed by atoms with Gasteiger partial charge in [0.1, 0.15) is 5.82 Å². The van der Waals surface area contributed by atoms with Crippen molar-refractivity contribution in [2.24, 2.45) is 5.92 Å². The maximum absolute atomic E-state index is 4.58. The molecule has 4 nitrogen and oxygen atoms in total. The molecule has 1 aliphatic carbocycles. The van der Waals surface area contributed by atoms with Crippen molar-refractivity contribution in [1.29, 1.82) is 0 Å². The van der Waals surface area contributed by atoms with Crippen molar-refractivity contribution < 1.29 is 0 Å². The summed E-state index contributed by atoms with van der Waals surface area (Å²) in [6.07, 6.45) is 7.96. The van der Waals surface area contributed by atoms with Crippen LogP contribution < -0.4 is 10.2 Å². The van der Waals surface area contributed by atoms with Crippen LogP contribution in [0.25, 0.3) is 0 Å². The van der Waals surface area contributed by atoms with Gasteiger partial charge < -0.3 is 10.2 Å². The van der Waals surface area contributed by atoms with Gasteiger partial charge in [-0.05, 0) is 25.2 Å². The first-order chi connectivity index (χ1) is 8.72. The normalized spacial score (nSPS) is 26.3. The Bertz CT molecular complexity index is 401. The lowest BCUT2D eigenvalue weighted by atomic mass is 10.1. The van der Waals surface area contributed by atoms with E-state index in [1.807, 2.05) is 12.4 Å². The quantitative estimate of drug-likeness (QED) is 0.882. The Morgan fingerprint density at radius 1 is 1.33 bits per heavy atom. The molecule has 98 valence electrons. The molecular weight excluding hydrogens is 224 g/mol. The maximum Gasteiger partial charge on any atom is 0.147 e. The lowest BCUT2D eigenvalue weighted by molar-refractivity contribution is 0.548. The molecule has 1 aliphatic heterocycles. The van der Waals surface area contributed by atoms with Crippen molar-refractivity contribution >= 4 is 5.82 Å². The van der Waals surface area contributed by atoms with E-state index in [1.165, 1.54) is 25.8 Å². The highest BCUT2D eigenvalue weighted by Gasteiger charge is 2.38. The van der Waals surface area contributed by atoms with E-state index in [-0.39, 0.29) is 0 Å². The van der Waals surface area contributed by atoms with Gasteiger partial charge in [-0.3, -0.25) is 4.98 Å². The van der Waals surface area contributed by atoms with Crippen LogP contribution in [0.2, 0.25) is 0 Å². The first-order valence-electron chi connectivity index (χ1n) is 7.03. The number of anilines is 1. The average Bonchev–Trinajstić information content (AvgIpc) is 2.99. The zero-order valence-corrected chi connectivity index (χ0v) is 11.3. The Labute approximate surface area is 109 Å². The van der Waals surface area contributed by atoms with Crippen LogP contribution in [0.1, 0.15) is 38.8 Å². The minimum atomic E-state index is 0.487. The smallest absolute Gasteiger partial charge is 0.147 e. The van der Waals surface area contributed by atoms with Gasteiger partial charge in [-0.15, -0.1) is 0 Å². The summed E-state index contributed by atoms with van der Waals surface area (Å²) >= 11 is 0. The first kappa shape index (κ1) is 11.9. The standard InChI is InChI=1S/C14H22N4/c1-10(2)15-6-12-7-17-14(8-16-12)18-9-11-3-4-13(18)5-11/h7-8,10-11,13,15H,3-6,9H2,1-2H3. The lowest BCUT2D eigenvalue weighted by Crippen LogP contribution is -2.32. The van der Waals surface area contributed by atoms with E-state index in [1.54, 1.807) is 0 Å². The average molecular weight is 246 g/mol. The van der Waals surface area contributed by atoms with Gasteiger partial charge in [0, 0.05) is 25.2 Å². The SMILES string of the molecule is CC(C)NCc1cnc(N2CC3CCC2C3)cn1. The van der Waals surface area contributed by atoms with Crippen molar-refractivity contribution in [2.45, 2.75) is 51.7 Å². The summed E-state index contributed by atoms with van der Waals surface area (Å²) < 4.78 is 0. The number of fused-ring (bicyclic) bond motifs is 2. The highest BCUT2D eigenvalue weighted by molar-refractivity contribution is 5.40. The number of hydrogen-bond donors (Lipinski definition) is 1.